The van der Waals surface area contributed by atoms with Crippen LogP contribution in [0.25, 0.3) is 0 Å². The molecule has 0 radical (unpaired) electrons. The molecule has 39 heavy (non-hydrogen) atoms. The van der Waals surface area contributed by atoms with Gasteiger partial charge in [-0.25, -0.2) is 0 Å². The number of nitrogens with zero attached hydrogens (tertiary/aromatic N) is 4. The van der Waals surface area contributed by atoms with E-state index in [-0.39, 0.29) is 24.1 Å². The lowest BCUT2D eigenvalue weighted by Crippen LogP contribution is -2.57. The van der Waals surface area contributed by atoms with Gasteiger partial charge in [-0.2, -0.15) is 0 Å². The van der Waals surface area contributed by atoms with E-state index in [1.54, 1.807) is 6.07 Å². The molecule has 0 aromatic heterocycles. The first-order valence-electron chi connectivity index (χ1n) is 14.4. The smallest absolute Gasteiger partial charge is 0.304 e. The highest BCUT2D eigenvalue weighted by molar-refractivity contribution is 5.94. The van der Waals surface area contributed by atoms with Crippen molar-refractivity contribution in [2.24, 2.45) is 0 Å². The van der Waals surface area contributed by atoms with E-state index in [0.29, 0.717) is 43.8 Å². The number of aliphatic carboxylic acids is 1. The van der Waals surface area contributed by atoms with Crippen molar-refractivity contribution in [2.75, 3.05) is 52.4 Å². The van der Waals surface area contributed by atoms with Crippen molar-refractivity contribution in [3.8, 4) is 5.75 Å². The van der Waals surface area contributed by atoms with Gasteiger partial charge in [-0.3, -0.25) is 19.4 Å². The van der Waals surface area contributed by atoms with Gasteiger partial charge >= 0.3 is 5.97 Å². The van der Waals surface area contributed by atoms with E-state index in [1.165, 1.54) is 0 Å². The lowest BCUT2D eigenvalue weighted by atomic mass is 9.92. The molecule has 2 aromatic rings. The number of carboxylic acids is 1. The quantitative estimate of drug-likeness (QED) is 0.503. The topological polar surface area (TPSA) is 87.6 Å². The molecule has 0 spiro atoms. The van der Waals surface area contributed by atoms with Crippen molar-refractivity contribution in [1.82, 2.24) is 19.6 Å². The first kappa shape index (κ1) is 29.1. The predicted octanol–water partition coefficient (Wildman–Crippen LogP) is 3.91. The fourth-order valence-corrected chi connectivity index (χ4v) is 6.10. The van der Waals surface area contributed by atoms with Crippen LogP contribution in [0.5, 0.6) is 5.75 Å². The van der Waals surface area contributed by atoms with E-state index in [0.717, 1.165) is 50.1 Å². The number of carbonyl (C=O) groups excluding carboxylic acids is 1. The van der Waals surface area contributed by atoms with Gasteiger partial charge in [-0.05, 0) is 75.2 Å². The second kappa shape index (κ2) is 13.4. The first-order chi connectivity index (χ1) is 18.8. The maximum atomic E-state index is 13.4. The van der Waals surface area contributed by atoms with Crippen LogP contribution in [0.2, 0.25) is 0 Å². The summed E-state index contributed by atoms with van der Waals surface area (Å²) < 4.78 is 0. The van der Waals surface area contributed by atoms with E-state index in [1.807, 2.05) is 29.2 Å². The maximum Gasteiger partial charge on any atom is 0.304 e. The molecule has 0 aliphatic carbocycles. The van der Waals surface area contributed by atoms with Gasteiger partial charge in [0.15, 0.2) is 0 Å². The van der Waals surface area contributed by atoms with E-state index in [9.17, 15) is 14.7 Å². The number of hydrogen-bond donors (Lipinski definition) is 2. The van der Waals surface area contributed by atoms with E-state index >= 15 is 0 Å². The summed E-state index contributed by atoms with van der Waals surface area (Å²) in [4.78, 5) is 33.4. The molecule has 3 atom stereocenters. The molecule has 8 heteroatoms. The van der Waals surface area contributed by atoms with Gasteiger partial charge in [-0.1, -0.05) is 31.2 Å². The minimum Gasteiger partial charge on any atom is -0.508 e. The Morgan fingerprint density at radius 3 is 2.38 bits per heavy atom. The molecule has 8 nitrogen and oxygen atoms in total. The molecular formula is C31H44N4O4. The van der Waals surface area contributed by atoms with Gasteiger partial charge in [0, 0.05) is 56.9 Å². The Hall–Kier alpha value is -2.94. The Bertz CT molecular complexity index is 1110. The minimum atomic E-state index is -0.789. The van der Waals surface area contributed by atoms with Crippen LogP contribution in [0, 0.1) is 0 Å². The number of carbonyl (C=O) groups is 2. The van der Waals surface area contributed by atoms with Crippen molar-refractivity contribution in [3.05, 3.63) is 65.2 Å². The van der Waals surface area contributed by atoms with Crippen molar-refractivity contribution in [2.45, 2.75) is 58.2 Å². The zero-order valence-electron chi connectivity index (χ0n) is 23.6. The monoisotopic (exact) mass is 536 g/mol. The highest BCUT2D eigenvalue weighted by atomic mass is 16.4. The second-order valence-electron chi connectivity index (χ2n) is 11.1. The van der Waals surface area contributed by atoms with E-state index in [2.05, 4.69) is 53.7 Å². The number of carboxylic acid groups (broad SMARTS) is 1. The summed E-state index contributed by atoms with van der Waals surface area (Å²) in [7, 11) is 0. The van der Waals surface area contributed by atoms with Crippen molar-refractivity contribution in [1.29, 1.82) is 0 Å². The third-order valence-corrected chi connectivity index (χ3v) is 8.18. The second-order valence-corrected chi connectivity index (χ2v) is 11.1. The lowest BCUT2D eigenvalue weighted by molar-refractivity contribution is -0.137. The Kier molecular flexibility index (Phi) is 9.99. The number of rotatable bonds is 9. The van der Waals surface area contributed by atoms with Crippen molar-refractivity contribution in [3.63, 3.8) is 0 Å². The molecule has 0 unspecified atom stereocenters. The molecule has 2 saturated heterocycles. The first-order valence-corrected chi connectivity index (χ1v) is 14.4. The van der Waals surface area contributed by atoms with Gasteiger partial charge in [0.25, 0.3) is 5.91 Å². The molecule has 0 bridgehead atoms. The molecule has 2 fully saturated rings. The van der Waals surface area contributed by atoms with Crippen LogP contribution in [0.15, 0.2) is 48.5 Å². The fraction of sp³-hybridized carbons (Fsp3) is 0.548. The van der Waals surface area contributed by atoms with Crippen LogP contribution in [0.3, 0.4) is 0 Å². The standard InChI is InChI=1S/C31H44N4O4/c1-4-14-34-21-24(3)35(22-23(34)2)30(27-7-5-8-28(36)20-27)25-9-11-26(12-10-25)31(39)33-16-6-15-32(18-19-33)17-13-29(37)38/h5,7-12,20,23-24,30,36H,4,6,13-19,21-22H2,1-3H3,(H,37,38)/t23-,24+,30-/m1/s1. The van der Waals surface area contributed by atoms with E-state index in [4.69, 9.17) is 5.11 Å². The summed E-state index contributed by atoms with van der Waals surface area (Å²) in [5.41, 5.74) is 2.82. The third kappa shape index (κ3) is 7.38. The zero-order valence-corrected chi connectivity index (χ0v) is 23.6. The molecular weight excluding hydrogens is 492 g/mol. The molecule has 212 valence electrons. The van der Waals surface area contributed by atoms with Crippen LogP contribution in [-0.2, 0) is 4.79 Å². The van der Waals surface area contributed by atoms with Gasteiger partial charge < -0.3 is 20.0 Å². The molecule has 2 N–H and O–H groups in total. The minimum absolute atomic E-state index is 0.0192. The Balaban J connectivity index is 1.52. The Morgan fingerprint density at radius 2 is 1.69 bits per heavy atom. The van der Waals surface area contributed by atoms with Crippen LogP contribution >= 0.6 is 0 Å². The highest BCUT2D eigenvalue weighted by Crippen LogP contribution is 2.34. The van der Waals surface area contributed by atoms with Gasteiger partial charge in [0.1, 0.15) is 5.75 Å². The zero-order chi connectivity index (χ0) is 27.9. The number of aromatic hydroxyl groups is 1. The highest BCUT2D eigenvalue weighted by Gasteiger charge is 2.34. The summed E-state index contributed by atoms with van der Waals surface area (Å²) in [5.74, 6) is -0.512. The molecule has 2 aliphatic heterocycles. The number of piperazine rings is 1. The summed E-state index contributed by atoms with van der Waals surface area (Å²) in [6.07, 6.45) is 2.10. The summed E-state index contributed by atoms with van der Waals surface area (Å²) in [5, 5.41) is 19.3. The summed E-state index contributed by atoms with van der Waals surface area (Å²) >= 11 is 0. The molecule has 2 aromatic carbocycles. The SMILES string of the molecule is CCCN1C[C@H](C)N([C@H](c2ccc(C(=O)N3CCCN(CCC(=O)O)CC3)cc2)c2cccc(O)c2)C[C@H]1C. The summed E-state index contributed by atoms with van der Waals surface area (Å²) in [6, 6.07) is 16.3. The van der Waals surface area contributed by atoms with Crippen LogP contribution in [0.4, 0.5) is 0 Å². The Labute approximate surface area is 232 Å². The Morgan fingerprint density at radius 1 is 0.923 bits per heavy atom. The third-order valence-electron chi connectivity index (χ3n) is 8.18. The number of benzene rings is 2. The molecule has 2 aliphatic rings. The van der Waals surface area contributed by atoms with Gasteiger partial charge in [-0.15, -0.1) is 0 Å². The number of hydrogen-bond acceptors (Lipinski definition) is 6. The van der Waals surface area contributed by atoms with Gasteiger partial charge in [0.2, 0.25) is 0 Å². The number of phenolic OH excluding ortho intramolecular Hbond substituents is 1. The molecule has 0 saturated carbocycles. The molecule has 2 heterocycles. The number of amides is 1. The van der Waals surface area contributed by atoms with Crippen LogP contribution in [-0.4, -0.2) is 106 Å². The average molecular weight is 537 g/mol. The molecule has 1 amide bonds. The van der Waals surface area contributed by atoms with E-state index < -0.39 is 5.97 Å². The van der Waals surface area contributed by atoms with Crippen molar-refractivity contribution >= 4 is 11.9 Å². The fourth-order valence-electron chi connectivity index (χ4n) is 6.10. The van der Waals surface area contributed by atoms with Crippen LogP contribution < -0.4 is 0 Å². The largest absolute Gasteiger partial charge is 0.508 e. The predicted molar refractivity (Wildman–Crippen MR) is 153 cm³/mol. The molecule has 4 rings (SSSR count). The lowest BCUT2D eigenvalue weighted by Gasteiger charge is -2.47. The van der Waals surface area contributed by atoms with Crippen LogP contribution in [0.1, 0.15) is 67.6 Å². The normalized spacial score (nSPS) is 22.4. The summed E-state index contributed by atoms with van der Waals surface area (Å²) in [6.45, 7) is 13.1. The van der Waals surface area contributed by atoms with Crippen molar-refractivity contribution < 1.29 is 19.8 Å². The average Bonchev–Trinajstić information content (AvgIpc) is 3.16. The number of phenols is 1. The maximum absolute atomic E-state index is 13.4. The van der Waals surface area contributed by atoms with Gasteiger partial charge in [0.05, 0.1) is 12.5 Å².